The predicted octanol–water partition coefficient (Wildman–Crippen LogP) is -0.889. The van der Waals surface area contributed by atoms with Crippen molar-refractivity contribution in [3.63, 3.8) is 0 Å². The third kappa shape index (κ3) is 19.4. The van der Waals surface area contributed by atoms with Crippen LogP contribution in [0.5, 0.6) is 0 Å². The summed E-state index contributed by atoms with van der Waals surface area (Å²) in [5, 5.41) is 10.1. The molecule has 0 bridgehead atoms. The van der Waals surface area contributed by atoms with Crippen molar-refractivity contribution in [3.8, 4) is 0 Å². The van der Waals surface area contributed by atoms with Crippen molar-refractivity contribution in [1.82, 2.24) is 0 Å². The molecular weight excluding hydrogens is 196 g/mol. The molecule has 0 aliphatic heterocycles. The van der Waals surface area contributed by atoms with Gasteiger partial charge in [-0.05, 0) is 0 Å². The van der Waals surface area contributed by atoms with Gasteiger partial charge in [0.1, 0.15) is 0 Å². The summed E-state index contributed by atoms with van der Waals surface area (Å²) in [5.74, 6) is 0. The third-order valence-corrected chi connectivity index (χ3v) is 2.00. The van der Waals surface area contributed by atoms with Gasteiger partial charge in [-0.2, -0.15) is 0 Å². The Morgan fingerprint density at radius 1 is 0.769 bits per heavy atom. The van der Waals surface area contributed by atoms with Gasteiger partial charge < -0.3 is 17.5 Å². The molecule has 0 amide bonds. The standard InChI is InChI=1S/C10H21O.ClH.Mg/c1-2-3-4-5-6-7-8-9-10-11;;/h2-10H2,1H3;1H;/q-1;;+2/p-1. The quantitative estimate of drug-likeness (QED) is 0.382. The molecule has 0 aliphatic rings. The summed E-state index contributed by atoms with van der Waals surface area (Å²) >= 11 is 0. The molecule has 0 rings (SSSR count). The van der Waals surface area contributed by atoms with Gasteiger partial charge in [0.05, 0.1) is 0 Å². The van der Waals surface area contributed by atoms with Crippen molar-refractivity contribution in [2.24, 2.45) is 0 Å². The zero-order valence-corrected chi connectivity index (χ0v) is 11.0. The van der Waals surface area contributed by atoms with Gasteiger partial charge in [0.2, 0.25) is 0 Å². The van der Waals surface area contributed by atoms with Crippen molar-refractivity contribution in [2.45, 2.75) is 58.3 Å². The molecular formula is C10H21ClMgO. The normalized spacial score (nSPS) is 8.77. The molecule has 0 radical (unpaired) electrons. The van der Waals surface area contributed by atoms with Crippen LogP contribution in [0.15, 0.2) is 0 Å². The number of rotatable bonds is 8. The Balaban J connectivity index is -0.000000500. The zero-order chi connectivity index (χ0) is 8.36. The van der Waals surface area contributed by atoms with Crippen LogP contribution in [-0.2, 0) is 0 Å². The minimum Gasteiger partial charge on any atom is -1.00 e. The number of unbranched alkanes of at least 4 members (excludes halogenated alkanes) is 7. The summed E-state index contributed by atoms with van der Waals surface area (Å²) < 4.78 is 0. The minimum absolute atomic E-state index is 0. The summed E-state index contributed by atoms with van der Waals surface area (Å²) in [6, 6.07) is 0. The maximum absolute atomic E-state index is 10.1. The van der Waals surface area contributed by atoms with Gasteiger partial charge in [0.25, 0.3) is 0 Å². The van der Waals surface area contributed by atoms with Crippen LogP contribution in [-0.4, -0.2) is 29.7 Å². The predicted molar refractivity (Wildman–Crippen MR) is 53.2 cm³/mol. The molecule has 0 spiro atoms. The van der Waals surface area contributed by atoms with E-state index < -0.39 is 0 Å². The van der Waals surface area contributed by atoms with Crippen LogP contribution in [0.4, 0.5) is 0 Å². The van der Waals surface area contributed by atoms with Crippen LogP contribution in [0.2, 0.25) is 0 Å². The van der Waals surface area contributed by atoms with E-state index in [1.807, 2.05) is 0 Å². The van der Waals surface area contributed by atoms with Gasteiger partial charge in [0.15, 0.2) is 0 Å². The van der Waals surface area contributed by atoms with E-state index in [1.54, 1.807) is 0 Å². The van der Waals surface area contributed by atoms with Gasteiger partial charge in [-0.1, -0.05) is 58.3 Å². The van der Waals surface area contributed by atoms with E-state index in [-0.39, 0.29) is 42.1 Å². The van der Waals surface area contributed by atoms with Crippen LogP contribution >= 0.6 is 0 Å². The fourth-order valence-electron chi connectivity index (χ4n) is 1.24. The first-order chi connectivity index (χ1) is 5.41. The van der Waals surface area contributed by atoms with Crippen LogP contribution < -0.4 is 17.5 Å². The van der Waals surface area contributed by atoms with E-state index in [2.05, 4.69) is 6.92 Å². The van der Waals surface area contributed by atoms with Gasteiger partial charge in [0, 0.05) is 0 Å². The topological polar surface area (TPSA) is 23.1 Å². The molecule has 0 aromatic heterocycles. The van der Waals surface area contributed by atoms with Gasteiger partial charge >= 0.3 is 23.1 Å². The van der Waals surface area contributed by atoms with Gasteiger partial charge in [-0.25, -0.2) is 0 Å². The molecule has 0 saturated carbocycles. The summed E-state index contributed by atoms with van der Waals surface area (Å²) in [7, 11) is 0. The summed E-state index contributed by atoms with van der Waals surface area (Å²) in [4.78, 5) is 0. The molecule has 0 aromatic carbocycles. The van der Waals surface area contributed by atoms with E-state index in [0.717, 1.165) is 12.8 Å². The van der Waals surface area contributed by atoms with Crippen LogP contribution in [0.1, 0.15) is 58.3 Å². The molecule has 0 unspecified atom stereocenters. The average molecular weight is 217 g/mol. The summed E-state index contributed by atoms with van der Waals surface area (Å²) in [6.45, 7) is 2.35. The van der Waals surface area contributed by atoms with E-state index in [1.165, 1.54) is 38.5 Å². The maximum Gasteiger partial charge on any atom is 2.00 e. The average Bonchev–Trinajstić information content (AvgIpc) is 2.03. The Hall–Kier alpha value is 1.02. The van der Waals surface area contributed by atoms with Crippen molar-refractivity contribution in [1.29, 1.82) is 0 Å². The second kappa shape index (κ2) is 18.7. The summed E-state index contributed by atoms with van der Waals surface area (Å²) in [6.07, 6.45) is 10.1. The number of halogens is 1. The largest absolute Gasteiger partial charge is 2.00 e. The van der Waals surface area contributed by atoms with Crippen LogP contribution in [0.25, 0.3) is 0 Å². The third-order valence-electron chi connectivity index (χ3n) is 2.00. The first-order valence-electron chi connectivity index (χ1n) is 5.00. The van der Waals surface area contributed by atoms with Crippen LogP contribution in [0, 0.1) is 0 Å². The first-order valence-corrected chi connectivity index (χ1v) is 5.00. The Morgan fingerprint density at radius 2 is 1.15 bits per heavy atom. The monoisotopic (exact) mass is 216 g/mol. The number of hydrogen-bond acceptors (Lipinski definition) is 1. The van der Waals surface area contributed by atoms with Gasteiger partial charge in [-0.3, -0.25) is 0 Å². The van der Waals surface area contributed by atoms with Crippen molar-refractivity contribution in [3.05, 3.63) is 0 Å². The molecule has 0 aromatic rings. The molecule has 76 valence electrons. The molecule has 0 saturated heterocycles. The molecule has 3 heteroatoms. The Labute approximate surface area is 105 Å². The zero-order valence-electron chi connectivity index (χ0n) is 8.86. The first kappa shape index (κ1) is 19.6. The molecule has 0 heterocycles. The van der Waals surface area contributed by atoms with E-state index >= 15 is 0 Å². The number of hydrogen-bond donors (Lipinski definition) is 0. The second-order valence-corrected chi connectivity index (χ2v) is 3.18. The second-order valence-electron chi connectivity index (χ2n) is 3.18. The van der Waals surface area contributed by atoms with E-state index in [4.69, 9.17) is 0 Å². The van der Waals surface area contributed by atoms with Gasteiger partial charge in [-0.15, -0.1) is 6.61 Å². The van der Waals surface area contributed by atoms with Crippen molar-refractivity contribution >= 4 is 23.1 Å². The molecule has 0 fully saturated rings. The molecule has 0 N–H and O–H groups in total. The minimum atomic E-state index is 0. The molecule has 13 heavy (non-hydrogen) atoms. The maximum atomic E-state index is 10.1. The van der Waals surface area contributed by atoms with E-state index in [9.17, 15) is 5.11 Å². The molecule has 1 nitrogen and oxygen atoms in total. The Morgan fingerprint density at radius 3 is 1.54 bits per heavy atom. The van der Waals surface area contributed by atoms with Crippen LogP contribution in [0.3, 0.4) is 0 Å². The van der Waals surface area contributed by atoms with Crippen molar-refractivity contribution < 1.29 is 17.5 Å². The fraction of sp³-hybridized carbons (Fsp3) is 1.00. The molecule has 0 aliphatic carbocycles. The van der Waals surface area contributed by atoms with E-state index in [0.29, 0.717) is 0 Å². The molecule has 0 atom stereocenters. The van der Waals surface area contributed by atoms with Crippen molar-refractivity contribution in [2.75, 3.05) is 6.61 Å². The summed E-state index contributed by atoms with van der Waals surface area (Å²) in [5.41, 5.74) is 0. The smallest absolute Gasteiger partial charge is 1.00 e. The Bertz CT molecular complexity index is 63.9. The Kier molecular flexibility index (Phi) is 28.2. The SMILES string of the molecule is CCCCCCCCCC[O-].[Cl-].[Mg+2]. The fourth-order valence-corrected chi connectivity index (χ4v) is 1.24.